The minimum absolute atomic E-state index is 0.0228. The van der Waals surface area contributed by atoms with Gasteiger partial charge in [-0.05, 0) is 37.1 Å². The van der Waals surface area contributed by atoms with Gasteiger partial charge in [-0.25, -0.2) is 17.2 Å². The fraction of sp³-hybridized carbons (Fsp3) is 0.571. The first-order valence-electron chi connectivity index (χ1n) is 6.97. The van der Waals surface area contributed by atoms with Crippen LogP contribution >= 0.6 is 0 Å². The monoisotopic (exact) mass is 316 g/mol. The molecule has 2 saturated heterocycles. The Bertz CT molecular complexity index is 650. The number of hydrogen-bond acceptors (Lipinski definition) is 3. The quantitative estimate of drug-likeness (QED) is 0.847. The third-order valence-electron chi connectivity index (χ3n) is 4.42. The van der Waals surface area contributed by atoms with Gasteiger partial charge in [0.15, 0.2) is 0 Å². The molecule has 0 bridgehead atoms. The van der Waals surface area contributed by atoms with Crippen molar-refractivity contribution >= 4 is 10.0 Å². The maximum atomic E-state index is 13.7. The number of benzene rings is 1. The summed E-state index contributed by atoms with van der Waals surface area (Å²) in [6.07, 6.45) is 2.11. The second kappa shape index (κ2) is 5.30. The van der Waals surface area contributed by atoms with Crippen LogP contribution in [-0.4, -0.2) is 49.6 Å². The molecule has 1 aromatic carbocycles. The Morgan fingerprint density at radius 2 is 2.05 bits per heavy atom. The van der Waals surface area contributed by atoms with E-state index >= 15 is 0 Å². The lowest BCUT2D eigenvalue weighted by Gasteiger charge is -2.52. The highest BCUT2D eigenvalue weighted by Gasteiger charge is 2.46. The van der Waals surface area contributed by atoms with Crippen molar-refractivity contribution < 1.29 is 17.2 Å². The third kappa shape index (κ3) is 2.95. The van der Waals surface area contributed by atoms with Crippen molar-refractivity contribution in [2.75, 3.05) is 25.9 Å². The van der Waals surface area contributed by atoms with E-state index in [2.05, 4.69) is 0 Å². The van der Waals surface area contributed by atoms with Crippen LogP contribution in [0, 0.1) is 17.6 Å². The summed E-state index contributed by atoms with van der Waals surface area (Å²) in [5.74, 6) is -0.483. The van der Waals surface area contributed by atoms with Crippen LogP contribution in [0.2, 0.25) is 0 Å². The second-order valence-electron chi connectivity index (χ2n) is 5.92. The average molecular weight is 316 g/mol. The van der Waals surface area contributed by atoms with Gasteiger partial charge in [0.25, 0.3) is 0 Å². The normalized spacial score (nSPS) is 27.2. The Balaban J connectivity index is 1.69. The average Bonchev–Trinajstić information content (AvgIpc) is 2.35. The summed E-state index contributed by atoms with van der Waals surface area (Å²) in [6, 6.07) is 3.41. The van der Waals surface area contributed by atoms with Crippen molar-refractivity contribution in [1.82, 2.24) is 9.21 Å². The smallest absolute Gasteiger partial charge is 0.211 e. The van der Waals surface area contributed by atoms with Crippen molar-refractivity contribution in [1.29, 1.82) is 0 Å². The molecular weight excluding hydrogens is 298 g/mol. The van der Waals surface area contributed by atoms with Gasteiger partial charge in [-0.3, -0.25) is 4.90 Å². The van der Waals surface area contributed by atoms with E-state index < -0.39 is 21.7 Å². The van der Waals surface area contributed by atoms with E-state index in [1.165, 1.54) is 16.6 Å². The van der Waals surface area contributed by atoms with Crippen LogP contribution in [0.25, 0.3) is 0 Å². The van der Waals surface area contributed by atoms with Gasteiger partial charge in [-0.2, -0.15) is 4.31 Å². The Morgan fingerprint density at radius 3 is 2.76 bits per heavy atom. The number of rotatable bonds is 3. The molecule has 0 aromatic heterocycles. The highest BCUT2D eigenvalue weighted by molar-refractivity contribution is 7.88. The lowest BCUT2D eigenvalue weighted by Crippen LogP contribution is -2.65. The summed E-state index contributed by atoms with van der Waals surface area (Å²) in [4.78, 5) is 2.00. The van der Waals surface area contributed by atoms with Crippen LogP contribution in [0.4, 0.5) is 8.78 Å². The number of fused-ring (bicyclic) bond motifs is 1. The molecule has 2 aliphatic heterocycles. The summed E-state index contributed by atoms with van der Waals surface area (Å²) >= 11 is 0. The van der Waals surface area contributed by atoms with Gasteiger partial charge in [-0.1, -0.05) is 0 Å². The van der Waals surface area contributed by atoms with Gasteiger partial charge < -0.3 is 0 Å². The van der Waals surface area contributed by atoms with E-state index in [0.717, 1.165) is 25.1 Å². The molecule has 0 unspecified atom stereocenters. The molecule has 2 atom stereocenters. The van der Waals surface area contributed by atoms with Crippen molar-refractivity contribution in [3.8, 4) is 0 Å². The minimum Gasteiger partial charge on any atom is -0.297 e. The summed E-state index contributed by atoms with van der Waals surface area (Å²) in [5.41, 5.74) is 0.318. The number of halogens is 2. The van der Waals surface area contributed by atoms with E-state index in [1.807, 2.05) is 4.90 Å². The molecule has 3 rings (SSSR count). The van der Waals surface area contributed by atoms with Crippen molar-refractivity contribution in [3.05, 3.63) is 35.4 Å². The molecule has 4 nitrogen and oxygen atoms in total. The van der Waals surface area contributed by atoms with Crippen LogP contribution in [0.15, 0.2) is 18.2 Å². The van der Waals surface area contributed by atoms with Gasteiger partial charge in [0.05, 0.1) is 6.26 Å². The van der Waals surface area contributed by atoms with Gasteiger partial charge in [0.2, 0.25) is 10.0 Å². The zero-order chi connectivity index (χ0) is 15.2. The zero-order valence-electron chi connectivity index (χ0n) is 11.8. The standard InChI is InChI=1S/C14H18F2N2O2S/c1-21(19,20)18-8-10-4-5-17(9-14(10)18)7-11-6-12(15)2-3-13(11)16/h2-3,6,10,14H,4-5,7-9H2,1H3/t10-,14-/m1/s1. The van der Waals surface area contributed by atoms with Crippen LogP contribution in [-0.2, 0) is 16.6 Å². The zero-order valence-corrected chi connectivity index (χ0v) is 12.6. The van der Waals surface area contributed by atoms with Crippen LogP contribution in [0.1, 0.15) is 12.0 Å². The molecule has 0 radical (unpaired) electrons. The molecule has 0 saturated carbocycles. The van der Waals surface area contributed by atoms with Gasteiger partial charge >= 0.3 is 0 Å². The van der Waals surface area contributed by atoms with Crippen LogP contribution in [0.5, 0.6) is 0 Å². The summed E-state index contributed by atoms with van der Waals surface area (Å²) in [5, 5.41) is 0. The number of hydrogen-bond donors (Lipinski definition) is 0. The molecule has 0 amide bonds. The molecule has 1 aromatic rings. The van der Waals surface area contributed by atoms with E-state index in [4.69, 9.17) is 0 Å². The fourth-order valence-electron chi connectivity index (χ4n) is 3.24. The molecule has 0 N–H and O–H groups in total. The summed E-state index contributed by atoms with van der Waals surface area (Å²) in [7, 11) is -3.18. The lowest BCUT2D eigenvalue weighted by molar-refractivity contribution is 0.0106. The molecule has 2 aliphatic rings. The van der Waals surface area contributed by atoms with Gasteiger partial charge in [-0.15, -0.1) is 0 Å². The largest absolute Gasteiger partial charge is 0.297 e. The van der Waals surface area contributed by atoms with E-state index in [-0.39, 0.29) is 6.04 Å². The summed E-state index contributed by atoms with van der Waals surface area (Å²) in [6.45, 7) is 2.26. The van der Waals surface area contributed by atoms with Crippen molar-refractivity contribution in [2.24, 2.45) is 5.92 Å². The van der Waals surface area contributed by atoms with Crippen LogP contribution < -0.4 is 0 Å². The maximum absolute atomic E-state index is 13.7. The predicted molar refractivity (Wildman–Crippen MR) is 75.1 cm³/mol. The van der Waals surface area contributed by atoms with Crippen molar-refractivity contribution in [3.63, 3.8) is 0 Å². The maximum Gasteiger partial charge on any atom is 0.211 e. The molecule has 2 fully saturated rings. The molecular formula is C14H18F2N2O2S. The first-order chi connectivity index (χ1) is 9.84. The molecule has 21 heavy (non-hydrogen) atoms. The summed E-state index contributed by atoms with van der Waals surface area (Å²) < 4.78 is 51.6. The number of piperidine rings is 1. The first kappa shape index (κ1) is 14.9. The Kier molecular flexibility index (Phi) is 3.75. The Hall–Kier alpha value is -1.05. The number of sulfonamides is 1. The topological polar surface area (TPSA) is 40.6 Å². The molecule has 2 heterocycles. The Morgan fingerprint density at radius 1 is 1.29 bits per heavy atom. The van der Waals surface area contributed by atoms with Gasteiger partial charge in [0, 0.05) is 31.2 Å². The minimum atomic E-state index is -3.18. The van der Waals surface area contributed by atoms with Crippen molar-refractivity contribution in [2.45, 2.75) is 19.0 Å². The van der Waals surface area contributed by atoms with Crippen LogP contribution in [0.3, 0.4) is 0 Å². The number of likely N-dealkylation sites (tertiary alicyclic amines) is 1. The highest BCUT2D eigenvalue weighted by atomic mass is 32.2. The third-order valence-corrected chi connectivity index (χ3v) is 5.69. The second-order valence-corrected chi connectivity index (χ2v) is 7.85. The van der Waals surface area contributed by atoms with E-state index in [9.17, 15) is 17.2 Å². The number of nitrogens with zero attached hydrogens (tertiary/aromatic N) is 2. The fourth-order valence-corrected chi connectivity index (χ4v) is 4.44. The highest BCUT2D eigenvalue weighted by Crippen LogP contribution is 2.34. The Labute approximate surface area is 123 Å². The molecule has 0 spiro atoms. The predicted octanol–water partition coefficient (Wildman–Crippen LogP) is 1.43. The molecule has 7 heteroatoms. The first-order valence-corrected chi connectivity index (χ1v) is 8.82. The van der Waals surface area contributed by atoms with E-state index in [0.29, 0.717) is 31.1 Å². The lowest BCUT2D eigenvalue weighted by atomic mass is 9.84. The SMILES string of the molecule is CS(=O)(=O)N1C[C@H]2CCN(Cc3cc(F)ccc3F)C[C@H]21. The molecule has 0 aliphatic carbocycles. The molecule has 116 valence electrons. The van der Waals surface area contributed by atoms with E-state index in [1.54, 1.807) is 0 Å². The van der Waals surface area contributed by atoms with Gasteiger partial charge in [0.1, 0.15) is 11.6 Å².